The van der Waals surface area contributed by atoms with E-state index in [2.05, 4.69) is 5.32 Å². The predicted octanol–water partition coefficient (Wildman–Crippen LogP) is 2.15. The molecular weight excluding hydrogens is 298 g/mol. The number of aliphatic carboxylic acids is 1. The molecule has 1 saturated heterocycles. The summed E-state index contributed by atoms with van der Waals surface area (Å²) in [6, 6.07) is 6.82. The second kappa shape index (κ2) is 7.00. The average molecular weight is 319 g/mol. The number of carboxylic acid groups (broad SMARTS) is 1. The van der Waals surface area contributed by atoms with Crippen LogP contribution in [0.15, 0.2) is 24.3 Å². The molecule has 1 aliphatic heterocycles. The van der Waals surface area contributed by atoms with Gasteiger partial charge in [-0.3, -0.25) is 4.79 Å². The van der Waals surface area contributed by atoms with Gasteiger partial charge >= 0.3 is 5.97 Å². The van der Waals surface area contributed by atoms with E-state index < -0.39 is 12.6 Å². The van der Waals surface area contributed by atoms with Crippen molar-refractivity contribution in [3.05, 3.63) is 24.3 Å². The maximum absolute atomic E-state index is 12.3. The van der Waals surface area contributed by atoms with Crippen LogP contribution < -0.4 is 10.1 Å². The highest BCUT2D eigenvalue weighted by molar-refractivity contribution is 5.94. The van der Waals surface area contributed by atoms with Crippen molar-refractivity contribution in [3.63, 3.8) is 0 Å². The quantitative estimate of drug-likeness (QED) is 0.839. The molecule has 124 valence electrons. The molecule has 0 aromatic heterocycles. The highest BCUT2D eigenvalue weighted by Crippen LogP contribution is 2.48. The van der Waals surface area contributed by atoms with E-state index >= 15 is 0 Å². The lowest BCUT2D eigenvalue weighted by Crippen LogP contribution is -2.21. The number of carbonyl (C=O) groups excluding carboxylic acids is 1. The number of carboxylic acids is 1. The van der Waals surface area contributed by atoms with Crippen LogP contribution in [0.25, 0.3) is 0 Å². The predicted molar refractivity (Wildman–Crippen MR) is 83.3 cm³/mol. The Morgan fingerprint density at radius 1 is 1.30 bits per heavy atom. The number of anilines is 1. The lowest BCUT2D eigenvalue weighted by molar-refractivity contribution is -0.139. The molecule has 0 unspecified atom stereocenters. The standard InChI is InChI=1S/C17H21NO5/c19-16(20)10-23-13-3-1-2-12(8-13)18-17(21)15-9-14(15)11-4-6-22-7-5-11/h1-3,8,11,14-15H,4-7,9-10H2,(H,18,21)(H,19,20)/t14-,15+/m0/s1. The van der Waals surface area contributed by atoms with Gasteiger partial charge in [-0.2, -0.15) is 0 Å². The number of ether oxygens (including phenoxy) is 2. The van der Waals surface area contributed by atoms with Gasteiger partial charge in [0, 0.05) is 30.9 Å². The molecule has 6 heteroatoms. The van der Waals surface area contributed by atoms with Gasteiger partial charge in [0.15, 0.2) is 6.61 Å². The summed E-state index contributed by atoms with van der Waals surface area (Å²) < 4.78 is 10.5. The van der Waals surface area contributed by atoms with Crippen molar-refractivity contribution in [2.24, 2.45) is 17.8 Å². The minimum Gasteiger partial charge on any atom is -0.482 e. The summed E-state index contributed by atoms with van der Waals surface area (Å²) in [5.41, 5.74) is 0.635. The van der Waals surface area contributed by atoms with E-state index in [-0.39, 0.29) is 11.8 Å². The summed E-state index contributed by atoms with van der Waals surface area (Å²) in [6.45, 7) is 1.21. The van der Waals surface area contributed by atoms with Gasteiger partial charge in [-0.1, -0.05) is 6.07 Å². The summed E-state index contributed by atoms with van der Waals surface area (Å²) in [5, 5.41) is 11.5. The molecule has 1 aliphatic carbocycles. The highest BCUT2D eigenvalue weighted by Gasteiger charge is 2.47. The molecule has 1 amide bonds. The fourth-order valence-electron chi connectivity index (χ4n) is 3.22. The van der Waals surface area contributed by atoms with Crippen molar-refractivity contribution in [2.45, 2.75) is 19.3 Å². The SMILES string of the molecule is O=C(O)COc1cccc(NC(=O)[C@@H]2C[C@H]2C2CCOCC2)c1. The zero-order valence-electron chi connectivity index (χ0n) is 12.9. The number of amides is 1. The van der Waals surface area contributed by atoms with Crippen molar-refractivity contribution < 1.29 is 24.2 Å². The molecule has 2 aliphatic rings. The van der Waals surface area contributed by atoms with Gasteiger partial charge in [0.1, 0.15) is 5.75 Å². The minimum absolute atomic E-state index is 0.0388. The monoisotopic (exact) mass is 319 g/mol. The fraction of sp³-hybridized carbons (Fsp3) is 0.529. The third-order valence-electron chi connectivity index (χ3n) is 4.51. The molecule has 3 rings (SSSR count). The van der Waals surface area contributed by atoms with E-state index in [1.807, 2.05) is 0 Å². The Labute approximate surface area is 134 Å². The Balaban J connectivity index is 1.52. The van der Waals surface area contributed by atoms with Crippen molar-refractivity contribution >= 4 is 17.6 Å². The molecule has 2 atom stereocenters. The maximum atomic E-state index is 12.3. The smallest absolute Gasteiger partial charge is 0.341 e. The van der Waals surface area contributed by atoms with Crippen molar-refractivity contribution in [1.29, 1.82) is 0 Å². The zero-order chi connectivity index (χ0) is 16.2. The molecule has 0 spiro atoms. The molecule has 1 heterocycles. The van der Waals surface area contributed by atoms with Gasteiger partial charge < -0.3 is 19.9 Å². The number of nitrogens with one attached hydrogen (secondary N) is 1. The molecule has 1 aromatic carbocycles. The Kier molecular flexibility index (Phi) is 4.81. The summed E-state index contributed by atoms with van der Waals surface area (Å²) in [6.07, 6.45) is 3.05. The van der Waals surface area contributed by atoms with Gasteiger partial charge in [0.05, 0.1) is 0 Å². The number of carbonyl (C=O) groups is 2. The second-order valence-electron chi connectivity index (χ2n) is 6.16. The summed E-state index contributed by atoms with van der Waals surface area (Å²) in [5.74, 6) is 0.604. The van der Waals surface area contributed by atoms with Crippen LogP contribution in [0.3, 0.4) is 0 Å². The van der Waals surface area contributed by atoms with E-state index in [4.69, 9.17) is 14.6 Å². The van der Waals surface area contributed by atoms with Crippen molar-refractivity contribution in [1.82, 2.24) is 0 Å². The van der Waals surface area contributed by atoms with Gasteiger partial charge in [0.2, 0.25) is 5.91 Å². The molecule has 1 saturated carbocycles. The van der Waals surface area contributed by atoms with Crippen LogP contribution in [0.4, 0.5) is 5.69 Å². The molecule has 23 heavy (non-hydrogen) atoms. The topological polar surface area (TPSA) is 84.9 Å². The first-order chi connectivity index (χ1) is 11.1. The maximum Gasteiger partial charge on any atom is 0.341 e. The fourth-order valence-corrected chi connectivity index (χ4v) is 3.22. The molecule has 2 N–H and O–H groups in total. The van der Waals surface area contributed by atoms with E-state index in [1.165, 1.54) is 0 Å². The van der Waals surface area contributed by atoms with Gasteiger partial charge in [-0.05, 0) is 43.2 Å². The van der Waals surface area contributed by atoms with Crippen molar-refractivity contribution in [2.75, 3.05) is 25.1 Å². The van der Waals surface area contributed by atoms with Crippen LogP contribution in [0.1, 0.15) is 19.3 Å². The van der Waals surface area contributed by atoms with E-state index in [0.717, 1.165) is 32.5 Å². The second-order valence-corrected chi connectivity index (χ2v) is 6.16. The Hall–Kier alpha value is -2.08. The first kappa shape index (κ1) is 15.8. The third-order valence-corrected chi connectivity index (χ3v) is 4.51. The summed E-state index contributed by atoms with van der Waals surface area (Å²) in [4.78, 5) is 22.8. The number of hydrogen-bond donors (Lipinski definition) is 2. The lowest BCUT2D eigenvalue weighted by Gasteiger charge is -2.22. The number of rotatable bonds is 6. The van der Waals surface area contributed by atoms with Crippen LogP contribution in [0.2, 0.25) is 0 Å². The Bertz CT molecular complexity index is 582. The van der Waals surface area contributed by atoms with E-state index in [1.54, 1.807) is 24.3 Å². The summed E-state index contributed by atoms with van der Waals surface area (Å²) in [7, 11) is 0. The normalized spacial score (nSPS) is 24.0. The minimum atomic E-state index is -1.03. The largest absolute Gasteiger partial charge is 0.482 e. The number of hydrogen-bond acceptors (Lipinski definition) is 4. The van der Waals surface area contributed by atoms with Gasteiger partial charge in [-0.15, -0.1) is 0 Å². The molecule has 2 fully saturated rings. The Morgan fingerprint density at radius 2 is 2.09 bits per heavy atom. The Morgan fingerprint density at radius 3 is 2.83 bits per heavy atom. The van der Waals surface area contributed by atoms with Gasteiger partial charge in [-0.25, -0.2) is 4.79 Å². The summed E-state index contributed by atoms with van der Waals surface area (Å²) >= 11 is 0. The van der Waals surface area contributed by atoms with Crippen molar-refractivity contribution in [3.8, 4) is 5.75 Å². The molecule has 0 bridgehead atoms. The van der Waals surface area contributed by atoms with E-state index in [0.29, 0.717) is 23.3 Å². The van der Waals surface area contributed by atoms with Gasteiger partial charge in [0.25, 0.3) is 0 Å². The molecule has 1 aromatic rings. The lowest BCUT2D eigenvalue weighted by atomic mass is 9.93. The van der Waals surface area contributed by atoms with Crippen LogP contribution in [0, 0.1) is 17.8 Å². The first-order valence-corrected chi connectivity index (χ1v) is 7.97. The third kappa shape index (κ3) is 4.22. The first-order valence-electron chi connectivity index (χ1n) is 7.97. The number of benzene rings is 1. The van der Waals surface area contributed by atoms with Crippen LogP contribution in [-0.4, -0.2) is 36.8 Å². The van der Waals surface area contributed by atoms with E-state index in [9.17, 15) is 9.59 Å². The highest BCUT2D eigenvalue weighted by atomic mass is 16.5. The van der Waals surface area contributed by atoms with Crippen LogP contribution in [0.5, 0.6) is 5.75 Å². The molecule has 0 radical (unpaired) electrons. The molecule has 6 nitrogen and oxygen atoms in total. The average Bonchev–Trinajstić information content (AvgIpc) is 3.35. The van der Waals surface area contributed by atoms with Crippen LogP contribution >= 0.6 is 0 Å². The van der Waals surface area contributed by atoms with Crippen LogP contribution in [-0.2, 0) is 14.3 Å². The molecular formula is C17H21NO5. The zero-order valence-corrected chi connectivity index (χ0v) is 12.9.